The van der Waals surface area contributed by atoms with E-state index in [1.165, 1.54) is 0 Å². The fourth-order valence-electron chi connectivity index (χ4n) is 1.56. The van der Waals surface area contributed by atoms with Crippen LogP contribution in [0, 0.1) is 5.92 Å². The average Bonchev–Trinajstić information content (AvgIpc) is 2.90. The average molecular weight is 263 g/mol. The van der Waals surface area contributed by atoms with Gasteiger partial charge < -0.3 is 15.8 Å². The third-order valence-corrected chi connectivity index (χ3v) is 2.44. The van der Waals surface area contributed by atoms with E-state index in [4.69, 9.17) is 10.5 Å². The van der Waals surface area contributed by atoms with Gasteiger partial charge in [-0.3, -0.25) is 4.57 Å². The number of nitrogens with one attached hydrogen (secondary N) is 1. The second-order valence-electron chi connectivity index (χ2n) is 4.23. The number of ether oxygens (including phenoxy) is 1. The van der Waals surface area contributed by atoms with Crippen molar-refractivity contribution in [3.05, 3.63) is 18.7 Å². The summed E-state index contributed by atoms with van der Waals surface area (Å²) >= 11 is 0. The van der Waals surface area contributed by atoms with Gasteiger partial charge in [0.15, 0.2) is 0 Å². The molecule has 0 aliphatic rings. The van der Waals surface area contributed by atoms with Crippen molar-refractivity contribution < 1.29 is 4.74 Å². The first-order chi connectivity index (χ1) is 9.19. The summed E-state index contributed by atoms with van der Waals surface area (Å²) in [6, 6.07) is 0. The Morgan fingerprint density at radius 2 is 2.26 bits per heavy atom. The van der Waals surface area contributed by atoms with Crippen LogP contribution in [-0.4, -0.2) is 44.8 Å². The van der Waals surface area contributed by atoms with E-state index in [9.17, 15) is 0 Å². The number of hydrogen-bond donors (Lipinski definition) is 2. The number of rotatable bonds is 6. The van der Waals surface area contributed by atoms with Crippen LogP contribution in [0.3, 0.4) is 0 Å². The van der Waals surface area contributed by atoms with Crippen LogP contribution in [0.15, 0.2) is 18.7 Å². The normalized spacial score (nSPS) is 12.3. The van der Waals surface area contributed by atoms with Crippen molar-refractivity contribution in [2.24, 2.45) is 5.92 Å². The lowest BCUT2D eigenvalue weighted by atomic mass is 10.2. The molecule has 0 aliphatic carbocycles. The molecule has 8 heteroatoms. The summed E-state index contributed by atoms with van der Waals surface area (Å²) in [5.74, 6) is 1.39. The Bertz CT molecular complexity index is 514. The summed E-state index contributed by atoms with van der Waals surface area (Å²) in [7, 11) is 1.68. The van der Waals surface area contributed by atoms with Crippen LogP contribution in [0.1, 0.15) is 6.92 Å². The quantitative estimate of drug-likeness (QED) is 0.774. The van der Waals surface area contributed by atoms with Gasteiger partial charge in [-0.2, -0.15) is 15.0 Å². The van der Waals surface area contributed by atoms with Crippen molar-refractivity contribution in [2.75, 3.05) is 31.3 Å². The Morgan fingerprint density at radius 3 is 2.95 bits per heavy atom. The molecule has 0 bridgehead atoms. The van der Waals surface area contributed by atoms with Crippen LogP contribution in [0.25, 0.3) is 5.95 Å². The fourth-order valence-corrected chi connectivity index (χ4v) is 1.56. The number of aromatic nitrogens is 5. The van der Waals surface area contributed by atoms with Crippen LogP contribution in [-0.2, 0) is 4.74 Å². The molecule has 102 valence electrons. The standard InChI is InChI=1S/C11H17N7O/c1-8(6-19-2)5-14-10-15-9(12)16-11(17-10)18-4-3-13-7-18/h3-4,7-8H,5-6H2,1-2H3,(H3,12,14,15,16,17). The molecule has 0 radical (unpaired) electrons. The summed E-state index contributed by atoms with van der Waals surface area (Å²) in [5.41, 5.74) is 5.67. The second-order valence-corrected chi connectivity index (χ2v) is 4.23. The minimum Gasteiger partial charge on any atom is -0.384 e. The maximum atomic E-state index is 5.67. The molecule has 2 aromatic rings. The van der Waals surface area contributed by atoms with Gasteiger partial charge in [0.1, 0.15) is 6.33 Å². The van der Waals surface area contributed by atoms with Crippen LogP contribution in [0.5, 0.6) is 0 Å². The van der Waals surface area contributed by atoms with Crippen molar-refractivity contribution in [1.82, 2.24) is 24.5 Å². The van der Waals surface area contributed by atoms with E-state index in [0.29, 0.717) is 31.0 Å². The summed E-state index contributed by atoms with van der Waals surface area (Å²) in [5, 5.41) is 3.12. The minimum absolute atomic E-state index is 0.167. The van der Waals surface area contributed by atoms with Gasteiger partial charge in [0, 0.05) is 26.0 Å². The van der Waals surface area contributed by atoms with Gasteiger partial charge in [-0.05, 0) is 5.92 Å². The molecule has 1 unspecified atom stereocenters. The smallest absolute Gasteiger partial charge is 0.241 e. The highest BCUT2D eigenvalue weighted by Crippen LogP contribution is 2.07. The maximum Gasteiger partial charge on any atom is 0.241 e. The molecule has 0 aromatic carbocycles. The van der Waals surface area contributed by atoms with E-state index < -0.39 is 0 Å². The molecular weight excluding hydrogens is 246 g/mol. The van der Waals surface area contributed by atoms with Gasteiger partial charge in [-0.15, -0.1) is 0 Å². The molecule has 0 saturated heterocycles. The topological polar surface area (TPSA) is 104 Å². The molecule has 2 aromatic heterocycles. The monoisotopic (exact) mass is 263 g/mol. The van der Waals surface area contributed by atoms with E-state index >= 15 is 0 Å². The Balaban J connectivity index is 2.09. The lowest BCUT2D eigenvalue weighted by Gasteiger charge is -2.12. The number of nitrogens with two attached hydrogens (primary N) is 1. The molecule has 0 fully saturated rings. The van der Waals surface area contributed by atoms with Crippen LogP contribution in [0.4, 0.5) is 11.9 Å². The number of methoxy groups -OCH3 is 1. The Labute approximate surface area is 111 Å². The number of nitrogen functional groups attached to an aromatic ring is 1. The largest absolute Gasteiger partial charge is 0.384 e. The first kappa shape index (κ1) is 13.2. The molecule has 3 N–H and O–H groups in total. The Hall–Kier alpha value is -2.22. The molecule has 1 atom stereocenters. The van der Waals surface area contributed by atoms with Crippen molar-refractivity contribution in [3.8, 4) is 5.95 Å². The first-order valence-electron chi connectivity index (χ1n) is 5.91. The molecule has 8 nitrogen and oxygen atoms in total. The van der Waals surface area contributed by atoms with E-state index in [1.54, 1.807) is 30.4 Å². The van der Waals surface area contributed by atoms with Crippen LogP contribution < -0.4 is 11.1 Å². The number of imidazole rings is 1. The molecule has 2 rings (SSSR count). The van der Waals surface area contributed by atoms with Crippen molar-refractivity contribution in [1.29, 1.82) is 0 Å². The predicted octanol–water partition coefficient (Wildman–Crippen LogP) is 0.334. The molecule has 0 spiro atoms. The third-order valence-electron chi connectivity index (χ3n) is 2.44. The van der Waals surface area contributed by atoms with Crippen molar-refractivity contribution in [3.63, 3.8) is 0 Å². The Morgan fingerprint density at radius 1 is 1.42 bits per heavy atom. The van der Waals surface area contributed by atoms with Gasteiger partial charge in [0.25, 0.3) is 0 Å². The second kappa shape index (κ2) is 6.10. The highest BCUT2D eigenvalue weighted by atomic mass is 16.5. The zero-order valence-corrected chi connectivity index (χ0v) is 10.9. The minimum atomic E-state index is 0.167. The molecule has 0 aliphatic heterocycles. The van der Waals surface area contributed by atoms with Crippen LogP contribution in [0.2, 0.25) is 0 Å². The van der Waals surface area contributed by atoms with Gasteiger partial charge in [-0.25, -0.2) is 4.98 Å². The summed E-state index contributed by atoms with van der Waals surface area (Å²) in [6.45, 7) is 3.43. The summed E-state index contributed by atoms with van der Waals surface area (Å²) < 4.78 is 6.74. The number of anilines is 2. The Kier molecular flexibility index (Phi) is 4.24. The lowest BCUT2D eigenvalue weighted by molar-refractivity contribution is 0.164. The van der Waals surface area contributed by atoms with E-state index in [-0.39, 0.29) is 5.95 Å². The zero-order chi connectivity index (χ0) is 13.7. The summed E-state index contributed by atoms with van der Waals surface area (Å²) in [4.78, 5) is 16.3. The highest BCUT2D eigenvalue weighted by molar-refractivity contribution is 5.35. The van der Waals surface area contributed by atoms with Gasteiger partial charge >= 0.3 is 0 Å². The lowest BCUT2D eigenvalue weighted by Crippen LogP contribution is -2.18. The molecular formula is C11H17N7O. The third kappa shape index (κ3) is 3.62. The molecule has 2 heterocycles. The summed E-state index contributed by atoms with van der Waals surface area (Å²) in [6.07, 6.45) is 4.99. The van der Waals surface area contributed by atoms with E-state index in [2.05, 4.69) is 32.2 Å². The highest BCUT2D eigenvalue weighted by Gasteiger charge is 2.07. The molecule has 19 heavy (non-hydrogen) atoms. The van der Waals surface area contributed by atoms with Gasteiger partial charge in [0.2, 0.25) is 17.8 Å². The maximum absolute atomic E-state index is 5.67. The van der Waals surface area contributed by atoms with Gasteiger partial charge in [-0.1, -0.05) is 6.92 Å². The number of nitrogens with zero attached hydrogens (tertiary/aromatic N) is 5. The van der Waals surface area contributed by atoms with Gasteiger partial charge in [0.05, 0.1) is 6.61 Å². The van der Waals surface area contributed by atoms with E-state index in [1.807, 2.05) is 0 Å². The zero-order valence-electron chi connectivity index (χ0n) is 10.9. The van der Waals surface area contributed by atoms with Crippen molar-refractivity contribution >= 4 is 11.9 Å². The predicted molar refractivity (Wildman–Crippen MR) is 70.9 cm³/mol. The molecule has 0 saturated carbocycles. The SMILES string of the molecule is COCC(C)CNc1nc(N)nc(-n2ccnc2)n1. The first-order valence-corrected chi connectivity index (χ1v) is 5.91. The van der Waals surface area contributed by atoms with Crippen molar-refractivity contribution in [2.45, 2.75) is 6.92 Å². The fraction of sp³-hybridized carbons (Fsp3) is 0.455. The van der Waals surface area contributed by atoms with E-state index in [0.717, 1.165) is 0 Å². The number of hydrogen-bond acceptors (Lipinski definition) is 7. The van der Waals surface area contributed by atoms with Crippen LogP contribution >= 0.6 is 0 Å². The molecule has 0 amide bonds.